The van der Waals surface area contributed by atoms with Gasteiger partial charge in [0.2, 0.25) is 0 Å². The first-order chi connectivity index (χ1) is 15.8. The Morgan fingerprint density at radius 2 is 2.03 bits per heavy atom. The molecule has 2 unspecified atom stereocenters. The van der Waals surface area contributed by atoms with Crippen molar-refractivity contribution in [3.8, 4) is 0 Å². The molecule has 1 saturated heterocycles. The molecule has 1 aliphatic carbocycles. The van der Waals surface area contributed by atoms with E-state index in [4.69, 9.17) is 0 Å². The van der Waals surface area contributed by atoms with Crippen LogP contribution in [0.25, 0.3) is 6.08 Å². The first-order valence-electron chi connectivity index (χ1n) is 11.0. The molecule has 1 N–H and O–H groups in total. The second kappa shape index (κ2) is 10.0. The molecule has 1 aromatic heterocycles. The summed E-state index contributed by atoms with van der Waals surface area (Å²) in [6.07, 6.45) is 7.19. The number of carbonyl (C=O) groups is 3. The van der Waals surface area contributed by atoms with Crippen molar-refractivity contribution < 1.29 is 23.9 Å². The molecular formula is C24H26FN3O4S. The number of imidazole rings is 1. The van der Waals surface area contributed by atoms with E-state index >= 15 is 0 Å². The highest BCUT2D eigenvalue weighted by Gasteiger charge is 2.41. The molecule has 0 bridgehead atoms. The fraction of sp³-hybridized carbons (Fsp3) is 0.417. The number of rotatable bonds is 8. The van der Waals surface area contributed by atoms with Gasteiger partial charge >= 0.3 is 5.97 Å². The van der Waals surface area contributed by atoms with Crippen LogP contribution < -0.4 is 0 Å². The molecule has 7 nitrogen and oxygen atoms in total. The number of carboxylic acid groups (broad SMARTS) is 1. The van der Waals surface area contributed by atoms with Crippen LogP contribution in [0.2, 0.25) is 0 Å². The first-order valence-corrected chi connectivity index (χ1v) is 11.8. The van der Waals surface area contributed by atoms with Gasteiger partial charge in [0.15, 0.2) is 10.9 Å². The molecule has 0 spiro atoms. The Morgan fingerprint density at radius 1 is 1.27 bits per heavy atom. The van der Waals surface area contributed by atoms with Crippen LogP contribution in [0.15, 0.2) is 42.2 Å². The van der Waals surface area contributed by atoms with E-state index in [0.29, 0.717) is 30.9 Å². The molecular weight excluding hydrogens is 445 g/mol. The smallest absolute Gasteiger partial charge is 0.323 e. The lowest BCUT2D eigenvalue weighted by molar-refractivity contribution is -0.137. The van der Waals surface area contributed by atoms with Gasteiger partial charge in [-0.2, -0.15) is 0 Å². The van der Waals surface area contributed by atoms with E-state index < -0.39 is 17.8 Å². The largest absolute Gasteiger partial charge is 0.480 e. The summed E-state index contributed by atoms with van der Waals surface area (Å²) >= 11 is 1.22. The van der Waals surface area contributed by atoms with Gasteiger partial charge in [-0.25, -0.2) is 9.37 Å². The molecule has 33 heavy (non-hydrogen) atoms. The molecule has 2 atom stereocenters. The Morgan fingerprint density at radius 3 is 2.70 bits per heavy atom. The molecule has 4 rings (SSSR count). The van der Waals surface area contributed by atoms with Crippen molar-refractivity contribution in [2.24, 2.45) is 5.92 Å². The highest BCUT2D eigenvalue weighted by molar-refractivity contribution is 8.14. The summed E-state index contributed by atoms with van der Waals surface area (Å²) in [6.45, 7) is 2.19. The predicted octanol–water partition coefficient (Wildman–Crippen LogP) is 3.56. The van der Waals surface area contributed by atoms with E-state index in [1.165, 1.54) is 35.5 Å². The lowest BCUT2D eigenvalue weighted by atomic mass is 9.93. The second-order valence-electron chi connectivity index (χ2n) is 8.48. The first kappa shape index (κ1) is 23.4. The summed E-state index contributed by atoms with van der Waals surface area (Å²) in [5.74, 6) is -0.925. The van der Waals surface area contributed by atoms with Crippen LogP contribution in [0.5, 0.6) is 0 Å². The summed E-state index contributed by atoms with van der Waals surface area (Å²) in [7, 11) is 0. The van der Waals surface area contributed by atoms with Crippen LogP contribution in [0.3, 0.4) is 0 Å². The van der Waals surface area contributed by atoms with Crippen LogP contribution in [0.4, 0.5) is 4.39 Å². The second-order valence-corrected chi connectivity index (χ2v) is 9.86. The van der Waals surface area contributed by atoms with Crippen LogP contribution in [0, 0.1) is 11.7 Å². The Labute approximate surface area is 195 Å². The highest BCUT2D eigenvalue weighted by Crippen LogP contribution is 2.40. The third kappa shape index (κ3) is 5.59. The number of carboxylic acids is 1. The summed E-state index contributed by atoms with van der Waals surface area (Å²) in [5.41, 5.74) is 1.24. The van der Waals surface area contributed by atoms with E-state index in [-0.39, 0.29) is 28.6 Å². The van der Waals surface area contributed by atoms with Gasteiger partial charge in [0.1, 0.15) is 18.2 Å². The predicted molar refractivity (Wildman–Crippen MR) is 123 cm³/mol. The van der Waals surface area contributed by atoms with Crippen molar-refractivity contribution in [1.29, 1.82) is 0 Å². The number of piperidine rings is 1. The fourth-order valence-electron chi connectivity index (χ4n) is 4.30. The Hall–Kier alpha value is -2.78. The van der Waals surface area contributed by atoms with Crippen molar-refractivity contribution in [2.75, 3.05) is 13.1 Å². The van der Waals surface area contributed by atoms with Crippen LogP contribution in [0.1, 0.15) is 43.6 Å². The lowest BCUT2D eigenvalue weighted by Gasteiger charge is -2.38. The summed E-state index contributed by atoms with van der Waals surface area (Å²) in [5, 5.41) is 9.03. The molecule has 1 saturated carbocycles. The van der Waals surface area contributed by atoms with Gasteiger partial charge in [0.25, 0.3) is 0 Å². The molecule has 1 aromatic carbocycles. The van der Waals surface area contributed by atoms with Gasteiger partial charge in [0.05, 0.1) is 6.04 Å². The van der Waals surface area contributed by atoms with E-state index in [0.717, 1.165) is 18.4 Å². The van der Waals surface area contributed by atoms with Crippen molar-refractivity contribution in [3.63, 3.8) is 0 Å². The minimum absolute atomic E-state index is 0.0204. The normalized spacial score (nSPS) is 21.2. The number of thioether (sulfide) groups is 1. The number of carbonyl (C=O) groups excluding carboxylic acids is 2. The van der Waals surface area contributed by atoms with Crippen molar-refractivity contribution in [3.05, 3.63) is 59.4 Å². The SMILES string of the molecule is CC(=O)SC1CCN(C(C(=O)C2CC2)c2ccccc2F)CC1=Cc1nccn1CC(=O)O. The van der Waals surface area contributed by atoms with Crippen molar-refractivity contribution in [1.82, 2.24) is 14.5 Å². The number of aromatic nitrogens is 2. The number of ketones is 1. The van der Waals surface area contributed by atoms with Gasteiger partial charge in [0, 0.05) is 49.1 Å². The third-order valence-electron chi connectivity index (χ3n) is 5.97. The zero-order chi connectivity index (χ0) is 23.5. The average molecular weight is 472 g/mol. The minimum Gasteiger partial charge on any atom is -0.480 e. The molecule has 2 fully saturated rings. The number of nitrogens with zero attached hydrogens (tertiary/aromatic N) is 3. The highest BCUT2D eigenvalue weighted by atomic mass is 32.2. The average Bonchev–Trinajstić information content (AvgIpc) is 3.53. The molecule has 2 aromatic rings. The monoisotopic (exact) mass is 471 g/mol. The molecule has 2 heterocycles. The summed E-state index contributed by atoms with van der Waals surface area (Å²) in [6, 6.07) is 5.70. The summed E-state index contributed by atoms with van der Waals surface area (Å²) in [4.78, 5) is 42.6. The van der Waals surface area contributed by atoms with Crippen molar-refractivity contribution >= 4 is 34.7 Å². The summed E-state index contributed by atoms with van der Waals surface area (Å²) < 4.78 is 16.3. The maximum absolute atomic E-state index is 14.8. The number of Topliss-reactive ketones (excluding diaryl/α,β-unsaturated/α-hetero) is 1. The van der Waals surface area contributed by atoms with Gasteiger partial charge in [-0.1, -0.05) is 30.0 Å². The maximum atomic E-state index is 14.8. The van der Waals surface area contributed by atoms with Gasteiger partial charge in [-0.3, -0.25) is 19.3 Å². The number of benzene rings is 1. The molecule has 2 aliphatic rings. The van der Waals surface area contributed by atoms with Crippen LogP contribution >= 0.6 is 11.8 Å². The molecule has 0 radical (unpaired) electrons. The minimum atomic E-state index is -0.984. The quantitative estimate of drug-likeness (QED) is 0.629. The van der Waals surface area contributed by atoms with E-state index in [9.17, 15) is 23.9 Å². The Bertz CT molecular complexity index is 1090. The van der Waals surface area contributed by atoms with Gasteiger partial charge < -0.3 is 9.67 Å². The van der Waals surface area contributed by atoms with Gasteiger partial charge in [-0.05, 0) is 37.0 Å². The number of halogens is 1. The fourth-order valence-corrected chi connectivity index (χ4v) is 5.22. The zero-order valence-electron chi connectivity index (χ0n) is 18.3. The number of hydrogen-bond donors (Lipinski definition) is 1. The van der Waals surface area contributed by atoms with Crippen LogP contribution in [-0.2, 0) is 20.9 Å². The molecule has 9 heteroatoms. The molecule has 1 aliphatic heterocycles. The lowest BCUT2D eigenvalue weighted by Crippen LogP contribution is -2.43. The van der Waals surface area contributed by atoms with Gasteiger partial charge in [-0.15, -0.1) is 0 Å². The topological polar surface area (TPSA) is 92.5 Å². The zero-order valence-corrected chi connectivity index (χ0v) is 19.1. The van der Waals surface area contributed by atoms with E-state index in [1.54, 1.807) is 30.5 Å². The number of aliphatic carboxylic acids is 1. The standard InChI is InChI=1S/C24H26FN3O4S/c1-15(29)33-20-8-10-28(13-17(20)12-21-26-9-11-27(21)14-22(30)31)23(24(32)16-6-7-16)18-4-2-3-5-19(18)25/h2-5,9,11-12,16,20,23H,6-8,10,13-14H2,1H3,(H,30,31). The number of hydrogen-bond acceptors (Lipinski definition) is 6. The van der Waals surface area contributed by atoms with E-state index in [1.807, 2.05) is 4.90 Å². The number of likely N-dealkylation sites (tertiary alicyclic amines) is 1. The molecule has 0 amide bonds. The van der Waals surface area contributed by atoms with Crippen molar-refractivity contribution in [2.45, 2.75) is 44.0 Å². The Kier molecular flexibility index (Phi) is 7.09. The maximum Gasteiger partial charge on any atom is 0.323 e. The molecule has 174 valence electrons. The Balaban J connectivity index is 1.68. The van der Waals surface area contributed by atoms with Crippen LogP contribution in [-0.4, -0.2) is 54.8 Å². The van der Waals surface area contributed by atoms with E-state index in [2.05, 4.69) is 4.98 Å². The third-order valence-corrected chi connectivity index (χ3v) is 7.12.